The largest absolute Gasteiger partial charge is 0.490 e. The van der Waals surface area contributed by atoms with Crippen molar-refractivity contribution in [3.8, 4) is 0 Å². The molecule has 0 radical (unpaired) electrons. The van der Waals surface area contributed by atoms with Crippen molar-refractivity contribution in [1.82, 2.24) is 14.7 Å². The number of carboxylic acids is 1. The Kier molecular flexibility index (Phi) is 5.69. The first-order valence-corrected chi connectivity index (χ1v) is 8.96. The van der Waals surface area contributed by atoms with Crippen LogP contribution >= 0.6 is 0 Å². The van der Waals surface area contributed by atoms with Crippen LogP contribution in [0.25, 0.3) is 0 Å². The molecule has 1 N–H and O–H groups in total. The van der Waals surface area contributed by atoms with E-state index in [1.165, 1.54) is 0 Å². The van der Waals surface area contributed by atoms with Gasteiger partial charge in [0.1, 0.15) is 5.76 Å². The number of halogens is 3. The molecule has 2 aliphatic heterocycles. The Morgan fingerprint density at radius 2 is 2.03 bits per heavy atom. The van der Waals surface area contributed by atoms with Crippen molar-refractivity contribution < 1.29 is 32.3 Å². The number of rotatable bonds is 3. The zero-order valence-electron chi connectivity index (χ0n) is 15.7. The topological polar surface area (TPSA) is 91.8 Å². The molecular formula is C18H21F3N4O4. The van der Waals surface area contributed by atoms with Gasteiger partial charge in [0.2, 0.25) is 5.91 Å². The van der Waals surface area contributed by atoms with Gasteiger partial charge in [-0.15, -0.1) is 0 Å². The summed E-state index contributed by atoms with van der Waals surface area (Å²) in [5, 5.41) is 11.3. The van der Waals surface area contributed by atoms with Crippen molar-refractivity contribution in [3.05, 3.63) is 36.5 Å². The van der Waals surface area contributed by atoms with Gasteiger partial charge in [0, 0.05) is 26.3 Å². The van der Waals surface area contributed by atoms with Crippen molar-refractivity contribution in [2.45, 2.75) is 25.6 Å². The second-order valence-corrected chi connectivity index (χ2v) is 7.20. The zero-order chi connectivity index (χ0) is 21.2. The van der Waals surface area contributed by atoms with E-state index in [-0.39, 0.29) is 11.3 Å². The lowest BCUT2D eigenvalue weighted by atomic mass is 9.85. The molecule has 1 atom stereocenters. The number of carbonyl (C=O) groups excluding carboxylic acids is 1. The van der Waals surface area contributed by atoms with E-state index in [9.17, 15) is 18.0 Å². The molecule has 4 rings (SSSR count). The number of aromatic nitrogens is 2. The van der Waals surface area contributed by atoms with E-state index >= 15 is 0 Å². The Labute approximate surface area is 164 Å². The van der Waals surface area contributed by atoms with Crippen LogP contribution in [-0.2, 0) is 23.2 Å². The van der Waals surface area contributed by atoms with Gasteiger partial charge in [-0.3, -0.25) is 14.4 Å². The summed E-state index contributed by atoms with van der Waals surface area (Å²) in [6.07, 6.45) is 2.16. The molecule has 1 amide bonds. The normalized spacial score (nSPS) is 22.2. The number of amides is 1. The minimum Gasteiger partial charge on any atom is -0.475 e. The third-order valence-electron chi connectivity index (χ3n) is 5.15. The van der Waals surface area contributed by atoms with E-state index in [0.717, 1.165) is 50.5 Å². The van der Waals surface area contributed by atoms with Gasteiger partial charge in [-0.1, -0.05) is 0 Å². The summed E-state index contributed by atoms with van der Waals surface area (Å²) in [6, 6.07) is 3.90. The maximum atomic E-state index is 12.9. The quantitative estimate of drug-likeness (QED) is 0.829. The smallest absolute Gasteiger partial charge is 0.475 e. The van der Waals surface area contributed by atoms with Crippen LogP contribution in [-0.4, -0.2) is 57.5 Å². The first-order chi connectivity index (χ1) is 13.6. The van der Waals surface area contributed by atoms with Gasteiger partial charge in [0.15, 0.2) is 0 Å². The van der Waals surface area contributed by atoms with Crippen molar-refractivity contribution in [3.63, 3.8) is 0 Å². The van der Waals surface area contributed by atoms with Gasteiger partial charge in [-0.05, 0) is 31.5 Å². The number of likely N-dealkylation sites (tertiary alicyclic amines) is 1. The number of hydrogen-bond donors (Lipinski definition) is 1. The standard InChI is InChI=1S/C16H20N4O2.C2HF3O2/c1-18-10-13(9-17-18)20-7-5-16(15(20)21)4-6-19(12-16)11-14-3-2-8-22-14;3-2(4,5)1(6)7/h2-3,8-10H,4-7,11-12H2,1H3;(H,6,7). The van der Waals surface area contributed by atoms with E-state index < -0.39 is 12.1 Å². The molecule has 2 aliphatic rings. The average Bonchev–Trinajstić information content (AvgIpc) is 3.41. The maximum absolute atomic E-state index is 12.9. The molecule has 11 heteroatoms. The van der Waals surface area contributed by atoms with Gasteiger partial charge >= 0.3 is 12.1 Å². The Morgan fingerprint density at radius 3 is 2.59 bits per heavy atom. The summed E-state index contributed by atoms with van der Waals surface area (Å²) in [7, 11) is 1.88. The SMILES string of the molecule is Cn1cc(N2CCC3(CCN(Cc4ccco4)C3)C2=O)cn1.O=C(O)C(F)(F)F. The maximum Gasteiger partial charge on any atom is 0.490 e. The number of carboxylic acid groups (broad SMARTS) is 1. The molecule has 4 heterocycles. The fourth-order valence-electron chi connectivity index (χ4n) is 3.71. The summed E-state index contributed by atoms with van der Waals surface area (Å²) in [5.41, 5.74) is 0.691. The van der Waals surface area contributed by atoms with Crippen LogP contribution in [0, 0.1) is 5.41 Å². The lowest BCUT2D eigenvalue weighted by Crippen LogP contribution is -2.36. The van der Waals surface area contributed by atoms with E-state index in [1.807, 2.05) is 30.3 Å². The Bertz CT molecular complexity index is 865. The van der Waals surface area contributed by atoms with Gasteiger partial charge in [0.25, 0.3) is 0 Å². The number of furan rings is 1. The molecule has 0 aromatic carbocycles. The number of nitrogens with zero attached hydrogens (tertiary/aromatic N) is 4. The number of aliphatic carboxylic acids is 1. The lowest BCUT2D eigenvalue weighted by Gasteiger charge is -2.22. The Morgan fingerprint density at radius 1 is 1.34 bits per heavy atom. The first kappa shape index (κ1) is 20.9. The van der Waals surface area contributed by atoms with Gasteiger partial charge in [-0.25, -0.2) is 4.79 Å². The van der Waals surface area contributed by atoms with Crippen molar-refractivity contribution >= 4 is 17.6 Å². The lowest BCUT2D eigenvalue weighted by molar-refractivity contribution is -0.192. The molecule has 1 unspecified atom stereocenters. The monoisotopic (exact) mass is 414 g/mol. The minimum atomic E-state index is -5.08. The van der Waals surface area contributed by atoms with Crippen molar-refractivity contribution in [2.24, 2.45) is 12.5 Å². The molecule has 2 fully saturated rings. The number of hydrogen-bond acceptors (Lipinski definition) is 5. The molecule has 158 valence electrons. The van der Waals surface area contributed by atoms with Gasteiger partial charge in [-0.2, -0.15) is 18.3 Å². The second-order valence-electron chi connectivity index (χ2n) is 7.20. The number of anilines is 1. The average molecular weight is 414 g/mol. The summed E-state index contributed by atoms with van der Waals surface area (Å²) in [5.74, 6) is -1.54. The fraction of sp³-hybridized carbons (Fsp3) is 0.500. The van der Waals surface area contributed by atoms with Crippen LogP contribution < -0.4 is 4.90 Å². The molecule has 2 saturated heterocycles. The van der Waals surface area contributed by atoms with E-state index in [4.69, 9.17) is 14.3 Å². The zero-order valence-corrected chi connectivity index (χ0v) is 15.7. The fourth-order valence-corrected chi connectivity index (χ4v) is 3.71. The highest BCUT2D eigenvalue weighted by Crippen LogP contribution is 2.42. The molecule has 8 nitrogen and oxygen atoms in total. The highest BCUT2D eigenvalue weighted by Gasteiger charge is 2.51. The summed E-state index contributed by atoms with van der Waals surface area (Å²) in [6.45, 7) is 3.35. The molecule has 0 aliphatic carbocycles. The summed E-state index contributed by atoms with van der Waals surface area (Å²) >= 11 is 0. The third kappa shape index (κ3) is 4.61. The van der Waals surface area contributed by atoms with Crippen LogP contribution in [0.1, 0.15) is 18.6 Å². The van der Waals surface area contributed by atoms with E-state index in [1.54, 1.807) is 17.1 Å². The predicted octanol–water partition coefficient (Wildman–Crippen LogP) is 2.28. The molecule has 2 aromatic heterocycles. The van der Waals surface area contributed by atoms with Crippen molar-refractivity contribution in [1.29, 1.82) is 0 Å². The van der Waals surface area contributed by atoms with E-state index in [0.29, 0.717) is 0 Å². The highest BCUT2D eigenvalue weighted by atomic mass is 19.4. The van der Waals surface area contributed by atoms with Crippen LogP contribution in [0.2, 0.25) is 0 Å². The van der Waals surface area contributed by atoms with Crippen LogP contribution in [0.15, 0.2) is 35.2 Å². The van der Waals surface area contributed by atoms with Crippen LogP contribution in [0.5, 0.6) is 0 Å². The van der Waals surface area contributed by atoms with Gasteiger partial charge < -0.3 is 14.4 Å². The summed E-state index contributed by atoms with van der Waals surface area (Å²) < 4.78 is 38.9. The van der Waals surface area contributed by atoms with Crippen LogP contribution in [0.3, 0.4) is 0 Å². The molecule has 0 saturated carbocycles. The van der Waals surface area contributed by atoms with Crippen molar-refractivity contribution in [2.75, 3.05) is 24.5 Å². The molecule has 2 aromatic rings. The Hall–Kier alpha value is -2.82. The summed E-state index contributed by atoms with van der Waals surface area (Å²) in [4.78, 5) is 26.0. The predicted molar refractivity (Wildman–Crippen MR) is 94.9 cm³/mol. The molecular weight excluding hydrogens is 393 g/mol. The molecule has 0 bridgehead atoms. The van der Waals surface area contributed by atoms with Crippen LogP contribution in [0.4, 0.5) is 18.9 Å². The number of aryl methyl sites for hydroxylation is 1. The number of carbonyl (C=O) groups is 2. The van der Waals surface area contributed by atoms with Gasteiger partial charge in [0.05, 0.1) is 30.1 Å². The first-order valence-electron chi connectivity index (χ1n) is 8.96. The molecule has 29 heavy (non-hydrogen) atoms. The highest BCUT2D eigenvalue weighted by molar-refractivity contribution is 6.00. The number of alkyl halides is 3. The molecule has 1 spiro atoms. The van der Waals surface area contributed by atoms with E-state index in [2.05, 4.69) is 10.00 Å². The Balaban J connectivity index is 0.000000298. The third-order valence-corrected chi connectivity index (χ3v) is 5.15. The second kappa shape index (κ2) is 7.90. The minimum absolute atomic E-state index is 0.220.